The van der Waals surface area contributed by atoms with Crippen LogP contribution in [0.5, 0.6) is 0 Å². The van der Waals surface area contributed by atoms with Gasteiger partial charge in [-0.1, -0.05) is 19.0 Å². The molecular weight excluding hydrogens is 511 g/mol. The van der Waals surface area contributed by atoms with E-state index in [1.807, 2.05) is 11.0 Å². The van der Waals surface area contributed by atoms with E-state index in [-0.39, 0.29) is 29.9 Å². The first-order valence-electron chi connectivity index (χ1n) is 11.1. The van der Waals surface area contributed by atoms with E-state index in [2.05, 4.69) is 39.1 Å². The van der Waals surface area contributed by atoms with Gasteiger partial charge >= 0.3 is 0 Å². The van der Waals surface area contributed by atoms with Crippen LogP contribution in [0.3, 0.4) is 0 Å². The van der Waals surface area contributed by atoms with Crippen LogP contribution in [-0.4, -0.2) is 97.8 Å². The van der Waals surface area contributed by atoms with Gasteiger partial charge in [0.25, 0.3) is 0 Å². The van der Waals surface area contributed by atoms with Gasteiger partial charge in [-0.25, -0.2) is 0 Å². The molecule has 1 aromatic heterocycles. The molecule has 0 spiro atoms. The summed E-state index contributed by atoms with van der Waals surface area (Å²) in [5.41, 5.74) is 1.03. The summed E-state index contributed by atoms with van der Waals surface area (Å²) >= 11 is 0. The van der Waals surface area contributed by atoms with Gasteiger partial charge in [-0.15, -0.1) is 24.0 Å². The minimum absolute atomic E-state index is 0. The lowest BCUT2D eigenvalue weighted by atomic mass is 9.99. The third-order valence-electron chi connectivity index (χ3n) is 6.01. The van der Waals surface area contributed by atoms with Gasteiger partial charge in [-0.05, 0) is 12.8 Å². The number of ether oxygens (including phenoxy) is 1. The maximum Gasteiger partial charge on any atom is 0.236 e. The third kappa shape index (κ3) is 7.31. The molecule has 1 amide bonds. The van der Waals surface area contributed by atoms with E-state index < -0.39 is 0 Å². The van der Waals surface area contributed by atoms with Crippen LogP contribution in [0.25, 0.3) is 0 Å². The third-order valence-corrected chi connectivity index (χ3v) is 6.01. The molecule has 31 heavy (non-hydrogen) atoms. The average molecular weight is 548 g/mol. The smallest absolute Gasteiger partial charge is 0.236 e. The molecule has 2 saturated heterocycles. The quantitative estimate of drug-likeness (QED) is 0.316. The summed E-state index contributed by atoms with van der Waals surface area (Å²) in [4.78, 5) is 23.2. The SMILES string of the molecule is CCC(CC)c1cc(CNC(=NC)N2CCN(CC(=O)N3CCOCC3)CC2)on1.I. The number of hydrogen-bond donors (Lipinski definition) is 1. The molecule has 2 fully saturated rings. The van der Waals surface area contributed by atoms with Crippen molar-refractivity contribution >= 4 is 35.8 Å². The first-order chi connectivity index (χ1) is 14.6. The van der Waals surface area contributed by atoms with Gasteiger partial charge in [0.15, 0.2) is 11.7 Å². The molecule has 10 heteroatoms. The Kier molecular flexibility index (Phi) is 11.0. The van der Waals surface area contributed by atoms with Crippen LogP contribution >= 0.6 is 24.0 Å². The number of nitrogens with one attached hydrogen (secondary N) is 1. The molecule has 1 N–H and O–H groups in total. The van der Waals surface area contributed by atoms with Crippen LogP contribution in [0.4, 0.5) is 0 Å². The highest BCUT2D eigenvalue weighted by Gasteiger charge is 2.24. The van der Waals surface area contributed by atoms with Crippen LogP contribution in [-0.2, 0) is 16.1 Å². The molecule has 0 aromatic carbocycles. The lowest BCUT2D eigenvalue weighted by Crippen LogP contribution is -2.54. The van der Waals surface area contributed by atoms with Crippen molar-refractivity contribution in [3.05, 3.63) is 17.5 Å². The molecule has 0 bridgehead atoms. The van der Waals surface area contributed by atoms with E-state index in [0.717, 1.165) is 56.4 Å². The predicted octanol–water partition coefficient (Wildman–Crippen LogP) is 1.75. The number of guanidine groups is 1. The van der Waals surface area contributed by atoms with E-state index in [1.165, 1.54) is 0 Å². The minimum Gasteiger partial charge on any atom is -0.378 e. The second-order valence-electron chi connectivity index (χ2n) is 7.89. The number of hydrogen-bond acceptors (Lipinski definition) is 6. The number of aromatic nitrogens is 1. The Morgan fingerprint density at radius 2 is 1.81 bits per heavy atom. The Morgan fingerprint density at radius 1 is 1.13 bits per heavy atom. The Hall–Kier alpha value is -1.40. The summed E-state index contributed by atoms with van der Waals surface area (Å²) in [6, 6.07) is 2.05. The molecule has 176 valence electrons. The van der Waals surface area contributed by atoms with Gasteiger partial charge in [0.1, 0.15) is 0 Å². The number of nitrogens with zero attached hydrogens (tertiary/aromatic N) is 5. The van der Waals surface area contributed by atoms with Gasteiger partial charge in [0.2, 0.25) is 5.91 Å². The monoisotopic (exact) mass is 548 g/mol. The maximum atomic E-state index is 12.5. The zero-order valence-electron chi connectivity index (χ0n) is 19.0. The van der Waals surface area contributed by atoms with Crippen molar-refractivity contribution in [1.29, 1.82) is 0 Å². The molecule has 3 heterocycles. The number of carbonyl (C=O) groups excluding carboxylic acids is 1. The number of aliphatic imine (C=N–C) groups is 1. The molecule has 9 nitrogen and oxygen atoms in total. The lowest BCUT2D eigenvalue weighted by molar-refractivity contribution is -0.136. The van der Waals surface area contributed by atoms with Crippen molar-refractivity contribution < 1.29 is 14.1 Å². The fraction of sp³-hybridized carbons (Fsp3) is 0.762. The summed E-state index contributed by atoms with van der Waals surface area (Å²) in [6.45, 7) is 11.5. The molecule has 0 aliphatic carbocycles. The first-order valence-corrected chi connectivity index (χ1v) is 11.1. The Morgan fingerprint density at radius 3 is 2.42 bits per heavy atom. The number of carbonyl (C=O) groups is 1. The molecule has 0 unspecified atom stereocenters. The van der Waals surface area contributed by atoms with Crippen LogP contribution in [0, 0.1) is 0 Å². The number of piperazine rings is 1. The Balaban J connectivity index is 0.00000341. The molecule has 3 rings (SSSR count). The van der Waals surface area contributed by atoms with Gasteiger partial charge in [-0.2, -0.15) is 0 Å². The topological polar surface area (TPSA) is 86.4 Å². The largest absolute Gasteiger partial charge is 0.378 e. The van der Waals surface area contributed by atoms with Gasteiger partial charge in [0.05, 0.1) is 32.0 Å². The molecule has 0 atom stereocenters. The van der Waals surface area contributed by atoms with Crippen LogP contribution in [0.15, 0.2) is 15.6 Å². The molecular formula is C21H37IN6O3. The fourth-order valence-corrected chi connectivity index (χ4v) is 4.03. The molecule has 2 aliphatic heterocycles. The van der Waals surface area contributed by atoms with Crippen LogP contribution < -0.4 is 5.32 Å². The maximum absolute atomic E-state index is 12.5. The Bertz CT molecular complexity index is 695. The van der Waals surface area contributed by atoms with Crippen molar-refractivity contribution in [1.82, 2.24) is 25.2 Å². The molecule has 2 aliphatic rings. The molecule has 0 radical (unpaired) electrons. The highest BCUT2D eigenvalue weighted by Crippen LogP contribution is 2.22. The van der Waals surface area contributed by atoms with Crippen molar-refractivity contribution in [2.75, 3.05) is 66.1 Å². The van der Waals surface area contributed by atoms with E-state index >= 15 is 0 Å². The summed E-state index contributed by atoms with van der Waals surface area (Å²) in [7, 11) is 1.80. The molecule has 0 saturated carbocycles. The zero-order valence-corrected chi connectivity index (χ0v) is 21.3. The summed E-state index contributed by atoms with van der Waals surface area (Å²) in [5.74, 6) is 2.34. The van der Waals surface area contributed by atoms with E-state index in [1.54, 1.807) is 7.05 Å². The van der Waals surface area contributed by atoms with Crippen LogP contribution in [0.1, 0.15) is 44.1 Å². The summed E-state index contributed by atoms with van der Waals surface area (Å²) in [6.07, 6.45) is 2.13. The highest BCUT2D eigenvalue weighted by molar-refractivity contribution is 14.0. The number of morpholine rings is 1. The number of amides is 1. The average Bonchev–Trinajstić information content (AvgIpc) is 3.25. The van der Waals surface area contributed by atoms with Crippen molar-refractivity contribution in [2.45, 2.75) is 39.2 Å². The second kappa shape index (κ2) is 13.2. The summed E-state index contributed by atoms with van der Waals surface area (Å²) in [5, 5.41) is 7.62. The Labute approximate surface area is 202 Å². The predicted molar refractivity (Wildman–Crippen MR) is 131 cm³/mol. The standard InChI is InChI=1S/C21H36N6O3.HI/c1-4-17(5-2)19-14-18(30-24-19)15-23-21(22-3)27-8-6-25(7-9-27)16-20(28)26-10-12-29-13-11-26;/h14,17H,4-13,15-16H2,1-3H3,(H,22,23);1H. The number of halogens is 1. The second-order valence-corrected chi connectivity index (χ2v) is 7.89. The van der Waals surface area contributed by atoms with E-state index in [4.69, 9.17) is 9.26 Å². The molecule has 1 aromatic rings. The van der Waals surface area contributed by atoms with Crippen molar-refractivity contribution in [2.24, 2.45) is 4.99 Å². The zero-order chi connectivity index (χ0) is 21.3. The fourth-order valence-electron chi connectivity index (χ4n) is 4.03. The van der Waals surface area contributed by atoms with Crippen molar-refractivity contribution in [3.63, 3.8) is 0 Å². The number of rotatable bonds is 7. The van der Waals surface area contributed by atoms with E-state index in [0.29, 0.717) is 45.3 Å². The lowest BCUT2D eigenvalue weighted by Gasteiger charge is -2.37. The summed E-state index contributed by atoms with van der Waals surface area (Å²) < 4.78 is 10.8. The van der Waals surface area contributed by atoms with E-state index in [9.17, 15) is 4.79 Å². The first kappa shape index (κ1) is 25.9. The normalized spacial score (nSPS) is 18.3. The van der Waals surface area contributed by atoms with Crippen LogP contribution in [0.2, 0.25) is 0 Å². The minimum atomic E-state index is 0. The van der Waals surface area contributed by atoms with Gasteiger partial charge < -0.3 is 24.4 Å². The highest BCUT2D eigenvalue weighted by atomic mass is 127. The van der Waals surface area contributed by atoms with Gasteiger partial charge in [0, 0.05) is 58.3 Å². The van der Waals surface area contributed by atoms with Crippen molar-refractivity contribution in [3.8, 4) is 0 Å². The van der Waals surface area contributed by atoms with Gasteiger partial charge in [-0.3, -0.25) is 14.7 Å².